The molecule has 26 heavy (non-hydrogen) atoms. The van der Waals surface area contributed by atoms with Gasteiger partial charge in [-0.1, -0.05) is 96.8 Å². The van der Waals surface area contributed by atoms with Crippen LogP contribution in [0.15, 0.2) is 96.8 Å². The topological polar surface area (TPSA) is 0 Å². The minimum atomic E-state index is -1.58. The molecule has 0 aliphatic heterocycles. The van der Waals surface area contributed by atoms with Gasteiger partial charge in [-0.05, 0) is 50.9 Å². The number of hydrogen-bond donors (Lipinski definition) is 0. The van der Waals surface area contributed by atoms with E-state index in [1.807, 2.05) is 18.2 Å². The minimum Gasteiger partial charge on any atom is -0.0620 e. The molecule has 0 heteroatoms. The highest BCUT2D eigenvalue weighted by Gasteiger charge is 2.47. The Balaban J connectivity index is 1.96. The van der Waals surface area contributed by atoms with E-state index < -0.39 is 54.1 Å². The van der Waals surface area contributed by atoms with E-state index in [-0.39, 0.29) is 34.3 Å². The van der Waals surface area contributed by atoms with Gasteiger partial charge in [-0.2, -0.15) is 0 Å². The van der Waals surface area contributed by atoms with Crippen LogP contribution in [0, 0.1) is 0 Å². The fourth-order valence-corrected chi connectivity index (χ4v) is 4.31. The molecule has 0 N–H and O–H groups in total. The molecule has 0 saturated heterocycles. The summed E-state index contributed by atoms with van der Waals surface area (Å²) in [6.07, 6.45) is -1.41. The van der Waals surface area contributed by atoms with Crippen LogP contribution in [0.3, 0.4) is 0 Å². The summed E-state index contributed by atoms with van der Waals surface area (Å²) in [7, 11) is 0. The molecule has 0 nitrogen and oxygen atoms in total. The van der Waals surface area contributed by atoms with Crippen LogP contribution in [0.2, 0.25) is 0 Å². The Bertz CT molecular complexity index is 1660. The summed E-state index contributed by atoms with van der Waals surface area (Å²) in [5, 5.41) is 0. The molecular formula is C26H18. The van der Waals surface area contributed by atoms with Gasteiger partial charge >= 0.3 is 0 Å². The monoisotopic (exact) mass is 340 g/mol. The third-order valence-corrected chi connectivity index (χ3v) is 5.30. The zero-order valence-corrected chi connectivity index (χ0v) is 13.6. The van der Waals surface area contributed by atoms with Crippen molar-refractivity contribution in [2.24, 2.45) is 0 Å². The van der Waals surface area contributed by atoms with Crippen LogP contribution in [0.5, 0.6) is 0 Å². The molecule has 0 amide bonds. The molecule has 0 heterocycles. The Hall–Kier alpha value is -3.12. The van der Waals surface area contributed by atoms with Crippen molar-refractivity contribution in [3.05, 3.63) is 119 Å². The molecule has 0 saturated carbocycles. The van der Waals surface area contributed by atoms with E-state index in [0.717, 1.165) is 5.56 Å². The average molecular weight is 340 g/mol. The van der Waals surface area contributed by atoms with Crippen molar-refractivity contribution < 1.29 is 13.7 Å². The molecular weight excluding hydrogens is 312 g/mol. The van der Waals surface area contributed by atoms with Gasteiger partial charge in [-0.15, -0.1) is 0 Å². The molecule has 0 bridgehead atoms. The van der Waals surface area contributed by atoms with Crippen molar-refractivity contribution in [2.75, 3.05) is 0 Å². The van der Waals surface area contributed by atoms with Gasteiger partial charge in [-0.3, -0.25) is 0 Å². The van der Waals surface area contributed by atoms with E-state index in [4.69, 9.17) is 12.3 Å². The van der Waals surface area contributed by atoms with Crippen molar-refractivity contribution in [3.63, 3.8) is 0 Å². The molecule has 4 aromatic rings. The Morgan fingerprint density at radius 2 is 1.27 bits per heavy atom. The highest BCUT2D eigenvalue weighted by Crippen LogP contribution is 2.58. The molecule has 2 atom stereocenters. The third kappa shape index (κ3) is 1.60. The van der Waals surface area contributed by atoms with Gasteiger partial charge in [0.1, 0.15) is 0 Å². The van der Waals surface area contributed by atoms with Crippen LogP contribution in [-0.4, -0.2) is 0 Å². The van der Waals surface area contributed by atoms with Crippen LogP contribution in [0.25, 0.3) is 22.3 Å². The minimum absolute atomic E-state index is 0.0376. The first-order chi connectivity index (χ1) is 17.1. The number of benzene rings is 4. The Labute approximate surface area is 167 Å². The second-order valence-corrected chi connectivity index (χ2v) is 6.50. The van der Waals surface area contributed by atoms with Gasteiger partial charge < -0.3 is 0 Å². The van der Waals surface area contributed by atoms with Crippen molar-refractivity contribution in [1.29, 1.82) is 0 Å². The maximum absolute atomic E-state index is 9.60. The van der Waals surface area contributed by atoms with Crippen molar-refractivity contribution in [1.82, 2.24) is 0 Å². The summed E-state index contributed by atoms with van der Waals surface area (Å²) in [5.74, 6) is 0. The summed E-state index contributed by atoms with van der Waals surface area (Å²) in [6, 6.07) is 8.65. The number of fused-ring (bicyclic) bond motifs is 9. The number of rotatable bonds is 0. The maximum Gasteiger partial charge on any atom is 0.0629 e. The molecule has 122 valence electrons. The predicted octanol–water partition coefficient (Wildman–Crippen LogP) is 6.22. The largest absolute Gasteiger partial charge is 0.0629 e. The lowest BCUT2D eigenvalue weighted by molar-refractivity contribution is 0.622. The summed E-state index contributed by atoms with van der Waals surface area (Å²) in [6.45, 7) is 0. The average Bonchev–Trinajstić information content (AvgIpc) is 3.17. The summed E-state index contributed by atoms with van der Waals surface area (Å²) in [4.78, 5) is 0. The fraction of sp³-hybridized carbons (Fsp3) is 0.0769. The highest BCUT2D eigenvalue weighted by molar-refractivity contribution is 5.88. The van der Waals surface area contributed by atoms with Crippen LogP contribution in [-0.2, 0) is 11.8 Å². The molecule has 2 aliphatic carbocycles. The van der Waals surface area contributed by atoms with E-state index >= 15 is 0 Å². The maximum atomic E-state index is 9.60. The zero-order valence-electron chi connectivity index (χ0n) is 23.6. The lowest BCUT2D eigenvalue weighted by atomic mass is 9.63. The van der Waals surface area contributed by atoms with E-state index in [9.17, 15) is 1.37 Å². The van der Waals surface area contributed by atoms with E-state index in [0.29, 0.717) is 16.7 Å². The first kappa shape index (κ1) is 7.63. The summed E-state index contributed by atoms with van der Waals surface area (Å²) in [5.41, 5.74) is 0.682. The van der Waals surface area contributed by atoms with E-state index in [1.54, 1.807) is 24.3 Å². The number of hydrogen-bond acceptors (Lipinski definition) is 0. The summed E-state index contributed by atoms with van der Waals surface area (Å²) < 4.78 is 87.0. The lowest BCUT2D eigenvalue weighted by Crippen LogP contribution is -2.33. The first-order valence-corrected chi connectivity index (χ1v) is 8.40. The SMILES string of the molecule is [2H]c1cccc2c1C1(c3ccccc3-2)c2c([2H])c([2H])c([2H])c([2H])c2-c2c([2H])c([2H])c([2H])c([2H])c2C1[2H]. The third-order valence-electron chi connectivity index (χ3n) is 5.30. The molecule has 2 aliphatic rings. The normalized spacial score (nSPS) is 27.0. The lowest BCUT2D eigenvalue weighted by Gasteiger charge is -2.39. The molecule has 4 aromatic carbocycles. The van der Waals surface area contributed by atoms with Crippen molar-refractivity contribution in [3.8, 4) is 22.3 Å². The highest BCUT2D eigenvalue weighted by atomic mass is 14.5. The van der Waals surface area contributed by atoms with Crippen LogP contribution in [0.1, 0.15) is 36.0 Å². The standard InChI is InChI=1S/C26H18/c1-2-10-19-18(9-1)17-26(23-14-6-3-11-20(19)23)24-15-7-4-12-21(24)22-13-5-8-16-25(22)26/h1-16H,17H2/i1D,2D,3D,6D,9D,10D,11D,14D,15D,17D. The summed E-state index contributed by atoms with van der Waals surface area (Å²) >= 11 is 0. The van der Waals surface area contributed by atoms with Gasteiger partial charge in [0.25, 0.3) is 0 Å². The quantitative estimate of drug-likeness (QED) is 0.356. The van der Waals surface area contributed by atoms with Crippen molar-refractivity contribution in [2.45, 2.75) is 11.8 Å². The Morgan fingerprint density at radius 3 is 2.19 bits per heavy atom. The Kier molecular flexibility index (Phi) is 1.45. The molecule has 0 radical (unpaired) electrons. The van der Waals surface area contributed by atoms with Crippen LogP contribution in [0.4, 0.5) is 0 Å². The second-order valence-electron chi connectivity index (χ2n) is 6.50. The first-order valence-electron chi connectivity index (χ1n) is 13.5. The smallest absolute Gasteiger partial charge is 0.0620 e. The van der Waals surface area contributed by atoms with Crippen LogP contribution < -0.4 is 0 Å². The van der Waals surface area contributed by atoms with Crippen LogP contribution >= 0.6 is 0 Å². The van der Waals surface area contributed by atoms with E-state index in [2.05, 4.69) is 0 Å². The molecule has 1 spiro atoms. The van der Waals surface area contributed by atoms with Gasteiger partial charge in [0.05, 0.1) is 17.8 Å². The molecule has 2 unspecified atom stereocenters. The second kappa shape index (κ2) is 4.95. The molecule has 0 aromatic heterocycles. The van der Waals surface area contributed by atoms with Crippen molar-refractivity contribution >= 4 is 0 Å². The molecule has 0 fully saturated rings. The van der Waals surface area contributed by atoms with Gasteiger partial charge in [0.2, 0.25) is 0 Å². The van der Waals surface area contributed by atoms with Gasteiger partial charge in [-0.25, -0.2) is 0 Å². The Morgan fingerprint density at radius 1 is 0.615 bits per heavy atom. The zero-order chi connectivity index (χ0) is 25.8. The van der Waals surface area contributed by atoms with Gasteiger partial charge in [0.15, 0.2) is 0 Å². The predicted molar refractivity (Wildman–Crippen MR) is 107 cm³/mol. The van der Waals surface area contributed by atoms with Gasteiger partial charge in [0, 0.05) is 1.37 Å². The molecule has 6 rings (SSSR count). The van der Waals surface area contributed by atoms with E-state index in [1.165, 1.54) is 0 Å². The fourth-order valence-electron chi connectivity index (χ4n) is 4.31.